The molecular formula is C46H39BS2. The molecule has 2 aliphatic rings. The Morgan fingerprint density at radius 2 is 0.816 bits per heavy atom. The first-order chi connectivity index (χ1) is 23.6. The van der Waals surface area contributed by atoms with Gasteiger partial charge in [0.05, 0.1) is 0 Å². The first kappa shape index (κ1) is 30.9. The van der Waals surface area contributed by atoms with Crippen LogP contribution in [0, 0.1) is 0 Å². The Bertz CT molecular complexity index is 2320. The lowest BCUT2D eigenvalue weighted by molar-refractivity contribution is 0.590. The zero-order valence-corrected chi connectivity index (χ0v) is 30.7. The molecule has 3 heteroatoms. The van der Waals surface area contributed by atoms with Gasteiger partial charge in [-0.15, -0.1) is 0 Å². The van der Waals surface area contributed by atoms with Crippen LogP contribution < -0.4 is 16.4 Å². The zero-order chi connectivity index (χ0) is 33.7. The highest BCUT2D eigenvalue weighted by molar-refractivity contribution is 8.01. The minimum Gasteiger partial charge on any atom is -0.0911 e. The van der Waals surface area contributed by atoms with Crippen LogP contribution in [0.15, 0.2) is 147 Å². The summed E-state index contributed by atoms with van der Waals surface area (Å²) in [6.07, 6.45) is 0. The molecule has 0 bridgehead atoms. The fraction of sp³-hybridized carbons (Fsp3) is 0.174. The Morgan fingerprint density at radius 3 is 1.24 bits per heavy atom. The molecule has 0 fully saturated rings. The summed E-state index contributed by atoms with van der Waals surface area (Å²) < 4.78 is 0. The summed E-state index contributed by atoms with van der Waals surface area (Å²) in [7, 11) is 0. The van der Waals surface area contributed by atoms with Crippen LogP contribution in [0.1, 0.15) is 52.7 Å². The molecule has 2 heterocycles. The Labute approximate surface area is 299 Å². The molecule has 0 amide bonds. The van der Waals surface area contributed by atoms with E-state index in [2.05, 4.69) is 169 Å². The highest BCUT2D eigenvalue weighted by Gasteiger charge is 2.39. The summed E-state index contributed by atoms with van der Waals surface area (Å²) in [5.41, 5.74) is 12.5. The molecule has 0 aromatic heterocycles. The lowest BCUT2D eigenvalue weighted by Gasteiger charge is -2.35. The van der Waals surface area contributed by atoms with Gasteiger partial charge in [-0.05, 0) is 95.5 Å². The van der Waals surface area contributed by atoms with Crippen LogP contribution in [-0.4, -0.2) is 6.71 Å². The van der Waals surface area contributed by atoms with Gasteiger partial charge in [0, 0.05) is 19.6 Å². The lowest BCUT2D eigenvalue weighted by atomic mass is 9.36. The van der Waals surface area contributed by atoms with E-state index in [9.17, 15) is 0 Å². The van der Waals surface area contributed by atoms with Crippen molar-refractivity contribution in [2.24, 2.45) is 0 Å². The molecule has 0 radical (unpaired) electrons. The Balaban J connectivity index is 1.33. The van der Waals surface area contributed by atoms with Crippen LogP contribution >= 0.6 is 23.5 Å². The van der Waals surface area contributed by atoms with Crippen molar-refractivity contribution in [2.45, 2.75) is 72.0 Å². The Morgan fingerprint density at radius 1 is 0.408 bits per heavy atom. The topological polar surface area (TPSA) is 0 Å². The molecule has 9 rings (SSSR count). The van der Waals surface area contributed by atoms with E-state index in [1.165, 1.54) is 90.9 Å². The molecular weight excluding hydrogens is 627 g/mol. The van der Waals surface area contributed by atoms with Gasteiger partial charge in [0.25, 0.3) is 0 Å². The maximum atomic E-state index is 2.51. The third kappa shape index (κ3) is 5.00. The molecule has 0 nitrogen and oxygen atoms in total. The van der Waals surface area contributed by atoms with E-state index < -0.39 is 0 Å². The number of hydrogen-bond donors (Lipinski definition) is 0. The average Bonchev–Trinajstić information content (AvgIpc) is 3.09. The molecule has 0 N–H and O–H groups in total. The highest BCUT2D eigenvalue weighted by atomic mass is 32.2. The summed E-state index contributed by atoms with van der Waals surface area (Å²) >= 11 is 3.92. The molecule has 7 aromatic carbocycles. The van der Waals surface area contributed by atoms with Gasteiger partial charge >= 0.3 is 0 Å². The van der Waals surface area contributed by atoms with E-state index in [1.54, 1.807) is 0 Å². The van der Waals surface area contributed by atoms with Crippen LogP contribution in [0.2, 0.25) is 0 Å². The summed E-state index contributed by atoms with van der Waals surface area (Å²) in [6, 6.07) is 48.5. The van der Waals surface area contributed by atoms with E-state index in [0.717, 1.165) is 0 Å². The summed E-state index contributed by atoms with van der Waals surface area (Å²) in [4.78, 5) is 5.52. The SMILES string of the molecule is CC(C)(C)c1ccc2c(c1)B1c3cc(C(C)(C)C)ccc3Sc3cc(-c4c5ccccc5c(-c5ccccc5)c5ccccc45)cc(c31)S2. The van der Waals surface area contributed by atoms with Crippen molar-refractivity contribution < 1.29 is 0 Å². The Kier molecular flexibility index (Phi) is 7.03. The molecule has 0 atom stereocenters. The van der Waals surface area contributed by atoms with Gasteiger partial charge in [0.15, 0.2) is 0 Å². The molecule has 0 saturated carbocycles. The van der Waals surface area contributed by atoms with Crippen LogP contribution in [0.3, 0.4) is 0 Å². The van der Waals surface area contributed by atoms with E-state index in [4.69, 9.17) is 0 Å². The summed E-state index contributed by atoms with van der Waals surface area (Å²) in [5, 5.41) is 5.20. The van der Waals surface area contributed by atoms with Gasteiger partial charge in [-0.25, -0.2) is 0 Å². The standard InChI is InChI=1S/C46H39BS2/c1-45(2,3)30-20-22-38-36(26-30)47-37-27-31(46(4,5)6)21-23-39(37)49-41-25-29(24-40(48-38)44(41)47)43-34-18-12-10-16-32(34)42(28-14-8-7-9-15-28)33-17-11-13-19-35(33)43/h7-27H,1-6H3. The maximum Gasteiger partial charge on any atom is 0.247 e. The Hall–Kier alpha value is -4.18. The first-order valence-electron chi connectivity index (χ1n) is 17.4. The minimum atomic E-state index is 0.0835. The van der Waals surface area contributed by atoms with Crippen molar-refractivity contribution in [3.05, 3.63) is 139 Å². The summed E-state index contributed by atoms with van der Waals surface area (Å²) in [5.74, 6) is 0. The van der Waals surface area contributed by atoms with Crippen molar-refractivity contribution >= 4 is 68.2 Å². The van der Waals surface area contributed by atoms with Crippen molar-refractivity contribution in [1.29, 1.82) is 0 Å². The third-order valence-corrected chi connectivity index (χ3v) is 12.8. The van der Waals surface area contributed by atoms with Gasteiger partial charge < -0.3 is 0 Å². The fourth-order valence-electron chi connectivity index (χ4n) is 7.94. The highest BCUT2D eigenvalue weighted by Crippen LogP contribution is 2.47. The van der Waals surface area contributed by atoms with Crippen molar-refractivity contribution in [3.63, 3.8) is 0 Å². The average molecular weight is 667 g/mol. The van der Waals surface area contributed by atoms with Crippen molar-refractivity contribution in [1.82, 2.24) is 0 Å². The third-order valence-electron chi connectivity index (χ3n) is 10.5. The second-order valence-corrected chi connectivity index (χ2v) is 17.9. The van der Waals surface area contributed by atoms with Gasteiger partial charge in [0.1, 0.15) is 0 Å². The molecule has 7 aromatic rings. The lowest BCUT2D eigenvalue weighted by Crippen LogP contribution is -2.58. The molecule has 0 saturated heterocycles. The second kappa shape index (κ2) is 11.2. The largest absolute Gasteiger partial charge is 0.247 e. The normalized spacial score (nSPS) is 13.7. The predicted octanol–water partition coefficient (Wildman–Crippen LogP) is 11.4. The van der Waals surface area contributed by atoms with Gasteiger partial charge in [-0.1, -0.05) is 179 Å². The van der Waals surface area contributed by atoms with Crippen LogP contribution in [0.4, 0.5) is 0 Å². The van der Waals surface area contributed by atoms with Gasteiger partial charge in [-0.3, -0.25) is 0 Å². The van der Waals surface area contributed by atoms with Crippen LogP contribution in [0.5, 0.6) is 0 Å². The monoisotopic (exact) mass is 666 g/mol. The molecule has 0 unspecified atom stereocenters. The second-order valence-electron chi connectivity index (χ2n) is 15.7. The van der Waals surface area contributed by atoms with E-state index in [-0.39, 0.29) is 17.5 Å². The van der Waals surface area contributed by atoms with E-state index in [1.807, 2.05) is 23.5 Å². The van der Waals surface area contributed by atoms with E-state index in [0.29, 0.717) is 0 Å². The fourth-order valence-corrected chi connectivity index (χ4v) is 10.4. The number of fused-ring (bicyclic) bond motifs is 6. The van der Waals surface area contributed by atoms with E-state index >= 15 is 0 Å². The molecule has 0 spiro atoms. The van der Waals surface area contributed by atoms with Crippen LogP contribution in [-0.2, 0) is 10.8 Å². The van der Waals surface area contributed by atoms with Gasteiger partial charge in [0.2, 0.25) is 6.71 Å². The summed E-state index contributed by atoms with van der Waals surface area (Å²) in [6.45, 7) is 14.2. The van der Waals surface area contributed by atoms with Crippen molar-refractivity contribution in [3.8, 4) is 22.3 Å². The zero-order valence-electron chi connectivity index (χ0n) is 29.0. The number of hydrogen-bond acceptors (Lipinski definition) is 2. The molecule has 0 aliphatic carbocycles. The first-order valence-corrected chi connectivity index (χ1v) is 19.0. The van der Waals surface area contributed by atoms with Crippen LogP contribution in [0.25, 0.3) is 43.8 Å². The molecule has 238 valence electrons. The number of benzene rings is 7. The quantitative estimate of drug-likeness (QED) is 0.133. The predicted molar refractivity (Wildman–Crippen MR) is 216 cm³/mol. The molecule has 2 aliphatic heterocycles. The van der Waals surface area contributed by atoms with Gasteiger partial charge in [-0.2, -0.15) is 0 Å². The maximum absolute atomic E-state index is 2.51. The van der Waals surface area contributed by atoms with Crippen molar-refractivity contribution in [2.75, 3.05) is 0 Å². The minimum absolute atomic E-state index is 0.0835. The smallest absolute Gasteiger partial charge is 0.0911 e. The number of rotatable bonds is 2. The molecule has 49 heavy (non-hydrogen) atoms.